The van der Waals surface area contributed by atoms with Gasteiger partial charge in [-0.3, -0.25) is 0 Å². The number of nitrogens with zero attached hydrogens (tertiary/aromatic N) is 1. The van der Waals surface area contributed by atoms with Crippen molar-refractivity contribution in [3.63, 3.8) is 0 Å². The number of anilines is 2. The average molecular weight is 272 g/mol. The zero-order valence-corrected chi connectivity index (χ0v) is 11.1. The highest BCUT2D eigenvalue weighted by Crippen LogP contribution is 2.16. The molecule has 0 aliphatic heterocycles. The molecular formula is C14H16N4O2. The summed E-state index contributed by atoms with van der Waals surface area (Å²) < 4.78 is 5.07. The summed E-state index contributed by atoms with van der Waals surface area (Å²) in [7, 11) is 1.58. The van der Waals surface area contributed by atoms with Gasteiger partial charge in [0.25, 0.3) is 0 Å². The van der Waals surface area contributed by atoms with E-state index in [2.05, 4.69) is 15.6 Å². The van der Waals surface area contributed by atoms with E-state index in [4.69, 9.17) is 10.5 Å². The van der Waals surface area contributed by atoms with Gasteiger partial charge in [0, 0.05) is 17.4 Å². The molecule has 0 radical (unpaired) electrons. The van der Waals surface area contributed by atoms with Crippen molar-refractivity contribution in [3.8, 4) is 5.88 Å². The van der Waals surface area contributed by atoms with E-state index >= 15 is 0 Å². The normalized spacial score (nSPS) is 9.85. The standard InChI is InChI=1S/C14H16N4O2/c1-20-13-7-3-6-12(17-13)9-16-10-4-2-5-11(8-10)18-14(15)19/h2-8,16H,9H2,1H3,(H3,15,18,19). The highest BCUT2D eigenvalue weighted by Gasteiger charge is 2.00. The Morgan fingerprint density at radius 2 is 2.00 bits per heavy atom. The van der Waals surface area contributed by atoms with Crippen LogP contribution in [0.1, 0.15) is 5.69 Å². The van der Waals surface area contributed by atoms with Gasteiger partial charge in [0.15, 0.2) is 0 Å². The molecule has 20 heavy (non-hydrogen) atoms. The van der Waals surface area contributed by atoms with Gasteiger partial charge in [-0.15, -0.1) is 0 Å². The van der Waals surface area contributed by atoms with E-state index < -0.39 is 6.03 Å². The van der Waals surface area contributed by atoms with Crippen LogP contribution in [0, 0.1) is 0 Å². The lowest BCUT2D eigenvalue weighted by Crippen LogP contribution is -2.19. The van der Waals surface area contributed by atoms with Gasteiger partial charge >= 0.3 is 6.03 Å². The molecule has 1 heterocycles. The van der Waals surface area contributed by atoms with E-state index in [0.29, 0.717) is 18.1 Å². The molecule has 0 aliphatic rings. The molecule has 0 saturated heterocycles. The highest BCUT2D eigenvalue weighted by atomic mass is 16.5. The Hall–Kier alpha value is -2.76. The molecule has 4 N–H and O–H groups in total. The first-order chi connectivity index (χ1) is 9.67. The lowest BCUT2D eigenvalue weighted by molar-refractivity contribution is 0.259. The lowest BCUT2D eigenvalue weighted by Gasteiger charge is -2.09. The molecule has 104 valence electrons. The van der Waals surface area contributed by atoms with Crippen molar-refractivity contribution in [2.45, 2.75) is 6.54 Å². The van der Waals surface area contributed by atoms with Gasteiger partial charge in [0.1, 0.15) is 0 Å². The fourth-order valence-electron chi connectivity index (χ4n) is 1.71. The smallest absolute Gasteiger partial charge is 0.316 e. The third kappa shape index (κ3) is 3.88. The molecule has 0 aliphatic carbocycles. The number of primary amides is 1. The number of methoxy groups -OCH3 is 1. The van der Waals surface area contributed by atoms with Gasteiger partial charge in [0.2, 0.25) is 5.88 Å². The summed E-state index contributed by atoms with van der Waals surface area (Å²) in [6.07, 6.45) is 0. The molecule has 0 unspecified atom stereocenters. The second kappa shape index (κ2) is 6.42. The van der Waals surface area contributed by atoms with Crippen molar-refractivity contribution in [1.82, 2.24) is 4.98 Å². The molecule has 6 heteroatoms. The number of nitrogens with one attached hydrogen (secondary N) is 2. The minimum Gasteiger partial charge on any atom is -0.481 e. The maximum absolute atomic E-state index is 10.8. The molecule has 2 amide bonds. The van der Waals surface area contributed by atoms with Crippen LogP contribution in [-0.2, 0) is 6.54 Å². The molecule has 1 aromatic heterocycles. The van der Waals surface area contributed by atoms with E-state index in [1.165, 1.54) is 0 Å². The summed E-state index contributed by atoms with van der Waals surface area (Å²) >= 11 is 0. The number of hydrogen-bond donors (Lipinski definition) is 3. The second-order valence-corrected chi connectivity index (χ2v) is 4.09. The number of benzene rings is 1. The van der Waals surface area contributed by atoms with Gasteiger partial charge < -0.3 is 21.1 Å². The molecule has 2 aromatic rings. The first kappa shape index (κ1) is 13.7. The third-order valence-corrected chi connectivity index (χ3v) is 2.59. The fourth-order valence-corrected chi connectivity index (χ4v) is 1.71. The summed E-state index contributed by atoms with van der Waals surface area (Å²) in [6.45, 7) is 0.553. The number of nitrogens with two attached hydrogens (primary N) is 1. The summed E-state index contributed by atoms with van der Waals surface area (Å²) in [5.74, 6) is 0.577. The minimum absolute atomic E-state index is 0.553. The Kier molecular flexibility index (Phi) is 4.39. The number of carbonyl (C=O) groups is 1. The summed E-state index contributed by atoms with van der Waals surface area (Å²) in [4.78, 5) is 15.1. The Labute approximate surface area is 117 Å². The number of ether oxygens (including phenoxy) is 1. The van der Waals surface area contributed by atoms with Crippen LogP contribution in [0.5, 0.6) is 5.88 Å². The molecule has 0 bridgehead atoms. The van der Waals surface area contributed by atoms with Gasteiger partial charge in [-0.2, -0.15) is 0 Å². The van der Waals surface area contributed by atoms with Crippen LogP contribution in [0.3, 0.4) is 0 Å². The Morgan fingerprint density at radius 1 is 1.25 bits per heavy atom. The van der Waals surface area contributed by atoms with Crippen LogP contribution in [0.25, 0.3) is 0 Å². The Morgan fingerprint density at radius 3 is 2.75 bits per heavy atom. The van der Waals surface area contributed by atoms with Gasteiger partial charge in [-0.05, 0) is 24.3 Å². The molecule has 6 nitrogen and oxygen atoms in total. The van der Waals surface area contributed by atoms with Crippen LogP contribution in [0.4, 0.5) is 16.2 Å². The van der Waals surface area contributed by atoms with Crippen LogP contribution < -0.4 is 21.1 Å². The van der Waals surface area contributed by atoms with E-state index in [9.17, 15) is 4.79 Å². The van der Waals surface area contributed by atoms with E-state index in [0.717, 1.165) is 11.4 Å². The highest BCUT2D eigenvalue weighted by molar-refractivity contribution is 5.88. The van der Waals surface area contributed by atoms with Crippen molar-refractivity contribution in [2.24, 2.45) is 5.73 Å². The van der Waals surface area contributed by atoms with Crippen LogP contribution >= 0.6 is 0 Å². The van der Waals surface area contributed by atoms with Crippen molar-refractivity contribution in [2.75, 3.05) is 17.7 Å². The number of urea groups is 1. The summed E-state index contributed by atoms with van der Waals surface area (Å²) in [5.41, 5.74) is 7.44. The summed E-state index contributed by atoms with van der Waals surface area (Å²) in [5, 5.41) is 5.74. The third-order valence-electron chi connectivity index (χ3n) is 2.59. The number of rotatable bonds is 5. The van der Waals surface area contributed by atoms with Crippen LogP contribution in [0.15, 0.2) is 42.5 Å². The number of carbonyl (C=O) groups excluding carboxylic acids is 1. The number of aromatic nitrogens is 1. The van der Waals surface area contributed by atoms with E-state index in [-0.39, 0.29) is 0 Å². The molecular weight excluding hydrogens is 256 g/mol. The summed E-state index contributed by atoms with van der Waals surface area (Å²) in [6, 6.07) is 12.3. The zero-order chi connectivity index (χ0) is 14.4. The minimum atomic E-state index is -0.586. The second-order valence-electron chi connectivity index (χ2n) is 4.09. The van der Waals surface area contributed by atoms with Gasteiger partial charge in [-0.1, -0.05) is 12.1 Å². The zero-order valence-electron chi connectivity index (χ0n) is 11.1. The monoisotopic (exact) mass is 272 g/mol. The Bertz CT molecular complexity index is 601. The van der Waals surface area contributed by atoms with Gasteiger partial charge in [-0.25, -0.2) is 9.78 Å². The number of pyridine rings is 1. The average Bonchev–Trinajstić information content (AvgIpc) is 2.45. The molecule has 0 spiro atoms. The Balaban J connectivity index is 2.01. The maximum Gasteiger partial charge on any atom is 0.316 e. The molecule has 1 aromatic carbocycles. The van der Waals surface area contributed by atoms with E-state index in [1.54, 1.807) is 25.3 Å². The fraction of sp³-hybridized carbons (Fsp3) is 0.143. The van der Waals surface area contributed by atoms with Crippen molar-refractivity contribution in [3.05, 3.63) is 48.2 Å². The predicted octanol–water partition coefficient (Wildman–Crippen LogP) is 2.19. The molecule has 2 rings (SSSR count). The quantitative estimate of drug-likeness (QED) is 0.778. The predicted molar refractivity (Wildman–Crippen MR) is 77.8 cm³/mol. The molecule has 0 saturated carbocycles. The SMILES string of the molecule is COc1cccc(CNc2cccc(NC(N)=O)c2)n1. The molecule has 0 fully saturated rings. The van der Waals surface area contributed by atoms with Crippen LogP contribution in [-0.4, -0.2) is 18.1 Å². The van der Waals surface area contributed by atoms with E-state index in [1.807, 2.05) is 24.3 Å². The first-order valence-electron chi connectivity index (χ1n) is 6.07. The van der Waals surface area contributed by atoms with Crippen molar-refractivity contribution in [1.29, 1.82) is 0 Å². The van der Waals surface area contributed by atoms with Crippen LogP contribution in [0.2, 0.25) is 0 Å². The van der Waals surface area contributed by atoms with Crippen molar-refractivity contribution < 1.29 is 9.53 Å². The van der Waals surface area contributed by atoms with Crippen molar-refractivity contribution >= 4 is 17.4 Å². The van der Waals surface area contributed by atoms with Gasteiger partial charge in [0.05, 0.1) is 19.3 Å². The number of amides is 2. The lowest BCUT2D eigenvalue weighted by atomic mass is 10.2. The maximum atomic E-state index is 10.8. The first-order valence-corrected chi connectivity index (χ1v) is 6.07. The largest absolute Gasteiger partial charge is 0.481 e. The number of hydrogen-bond acceptors (Lipinski definition) is 4. The molecule has 0 atom stereocenters. The topological polar surface area (TPSA) is 89.3 Å².